The number of amides is 2. The lowest BCUT2D eigenvalue weighted by Gasteiger charge is -2.39. The van der Waals surface area contributed by atoms with E-state index in [0.29, 0.717) is 23.6 Å². The summed E-state index contributed by atoms with van der Waals surface area (Å²) in [6.07, 6.45) is 2.11. The van der Waals surface area contributed by atoms with Gasteiger partial charge in [0.1, 0.15) is 0 Å². The van der Waals surface area contributed by atoms with E-state index in [-0.39, 0.29) is 11.9 Å². The Morgan fingerprint density at radius 3 is 2.40 bits per heavy atom. The molecule has 4 N–H and O–H groups in total. The van der Waals surface area contributed by atoms with Crippen molar-refractivity contribution in [3.05, 3.63) is 35.4 Å². The lowest BCUT2D eigenvalue weighted by molar-refractivity contribution is 0.0532. The molecule has 2 atom stereocenters. The predicted molar refractivity (Wildman–Crippen MR) is 77.2 cm³/mol. The van der Waals surface area contributed by atoms with Gasteiger partial charge in [-0.3, -0.25) is 9.59 Å². The third kappa shape index (κ3) is 2.82. The molecule has 0 aliphatic carbocycles. The minimum absolute atomic E-state index is 0.0250. The molecule has 0 bridgehead atoms. The van der Waals surface area contributed by atoms with Crippen LogP contribution in [0.15, 0.2) is 24.3 Å². The van der Waals surface area contributed by atoms with Gasteiger partial charge in [-0.15, -0.1) is 0 Å². The molecule has 0 spiro atoms. The molecular weight excluding hydrogens is 254 g/mol. The van der Waals surface area contributed by atoms with Gasteiger partial charge in [0, 0.05) is 30.3 Å². The first-order chi connectivity index (χ1) is 9.54. The van der Waals surface area contributed by atoms with Crippen molar-refractivity contribution in [2.45, 2.75) is 25.8 Å². The summed E-state index contributed by atoms with van der Waals surface area (Å²) >= 11 is 0. The lowest BCUT2D eigenvalue weighted by Crippen LogP contribution is -2.51. The Labute approximate surface area is 118 Å². The average molecular weight is 275 g/mol. The normalized spacial score (nSPS) is 22.6. The number of hydrogen-bond donors (Lipinski definition) is 2. The van der Waals surface area contributed by atoms with Crippen LogP contribution >= 0.6 is 0 Å². The van der Waals surface area contributed by atoms with Crippen LogP contribution < -0.4 is 11.5 Å². The fraction of sp³-hybridized carbons (Fsp3) is 0.467. The molecule has 0 aromatic heterocycles. The van der Waals surface area contributed by atoms with Gasteiger partial charge in [0.05, 0.1) is 0 Å². The van der Waals surface area contributed by atoms with Gasteiger partial charge in [-0.1, -0.05) is 6.92 Å². The number of nitrogens with two attached hydrogens (primary N) is 2. The summed E-state index contributed by atoms with van der Waals surface area (Å²) in [4.78, 5) is 25.4. The number of carbonyl (C=O) groups is 2. The molecule has 0 radical (unpaired) electrons. The fourth-order valence-electron chi connectivity index (χ4n) is 2.80. The number of benzene rings is 1. The smallest absolute Gasteiger partial charge is 0.254 e. The van der Waals surface area contributed by atoms with E-state index in [4.69, 9.17) is 11.5 Å². The molecule has 5 heteroatoms. The number of hydrogen-bond acceptors (Lipinski definition) is 3. The van der Waals surface area contributed by atoms with Crippen LogP contribution in [0.3, 0.4) is 0 Å². The maximum atomic E-state index is 12.5. The zero-order valence-electron chi connectivity index (χ0n) is 11.7. The van der Waals surface area contributed by atoms with E-state index in [0.717, 1.165) is 19.4 Å². The van der Waals surface area contributed by atoms with Crippen molar-refractivity contribution in [2.24, 2.45) is 17.4 Å². The number of piperidine rings is 1. The second-order valence-corrected chi connectivity index (χ2v) is 5.36. The molecule has 1 saturated heterocycles. The van der Waals surface area contributed by atoms with E-state index in [2.05, 4.69) is 6.92 Å². The summed E-state index contributed by atoms with van der Waals surface area (Å²) in [6, 6.07) is 6.55. The van der Waals surface area contributed by atoms with Gasteiger partial charge in [-0.2, -0.15) is 0 Å². The van der Waals surface area contributed by atoms with Gasteiger partial charge in [0.2, 0.25) is 5.91 Å². The van der Waals surface area contributed by atoms with Crippen LogP contribution in [-0.4, -0.2) is 35.8 Å². The van der Waals surface area contributed by atoms with E-state index >= 15 is 0 Å². The summed E-state index contributed by atoms with van der Waals surface area (Å²) in [5, 5.41) is 0. The van der Waals surface area contributed by atoms with Crippen LogP contribution in [0.5, 0.6) is 0 Å². The van der Waals surface area contributed by atoms with E-state index in [1.807, 2.05) is 4.90 Å². The molecule has 20 heavy (non-hydrogen) atoms. The van der Waals surface area contributed by atoms with Crippen LogP contribution in [0.4, 0.5) is 0 Å². The summed E-state index contributed by atoms with van der Waals surface area (Å²) in [7, 11) is 0. The van der Waals surface area contributed by atoms with Crippen LogP contribution in [0, 0.1) is 5.92 Å². The first kappa shape index (κ1) is 14.5. The van der Waals surface area contributed by atoms with Crippen molar-refractivity contribution in [3.8, 4) is 0 Å². The lowest BCUT2D eigenvalue weighted by atomic mass is 9.90. The standard InChI is InChI=1S/C15H21N3O2/c1-10-3-2-8-18(13(10)9-16)15(20)12-6-4-11(5-7-12)14(17)19/h4-7,10,13H,2-3,8-9,16H2,1H3,(H2,17,19)/t10-,13-/m0/s1. The molecule has 1 aromatic carbocycles. The fourth-order valence-corrected chi connectivity index (χ4v) is 2.80. The predicted octanol–water partition coefficient (Wildman–Crippen LogP) is 0.985. The summed E-state index contributed by atoms with van der Waals surface area (Å²) in [5.74, 6) is -0.0963. The van der Waals surface area contributed by atoms with Gasteiger partial charge in [-0.05, 0) is 43.0 Å². The number of likely N-dealkylation sites (tertiary alicyclic amines) is 1. The Hall–Kier alpha value is -1.88. The third-order valence-electron chi connectivity index (χ3n) is 4.03. The van der Waals surface area contributed by atoms with Crippen molar-refractivity contribution in [3.63, 3.8) is 0 Å². The highest BCUT2D eigenvalue weighted by Crippen LogP contribution is 2.24. The van der Waals surface area contributed by atoms with Crippen LogP contribution in [0.25, 0.3) is 0 Å². The van der Waals surface area contributed by atoms with Gasteiger partial charge >= 0.3 is 0 Å². The van der Waals surface area contributed by atoms with E-state index in [9.17, 15) is 9.59 Å². The van der Waals surface area contributed by atoms with Crippen molar-refractivity contribution < 1.29 is 9.59 Å². The topological polar surface area (TPSA) is 89.4 Å². The Balaban J connectivity index is 2.19. The Morgan fingerprint density at radius 2 is 1.85 bits per heavy atom. The first-order valence-corrected chi connectivity index (χ1v) is 6.95. The molecule has 2 amide bonds. The molecular formula is C15H21N3O2. The van der Waals surface area contributed by atoms with E-state index in [1.165, 1.54) is 0 Å². The number of primary amides is 1. The number of carbonyl (C=O) groups excluding carboxylic acids is 2. The van der Waals surface area contributed by atoms with Gasteiger partial charge in [0.15, 0.2) is 0 Å². The Morgan fingerprint density at radius 1 is 1.25 bits per heavy atom. The Bertz CT molecular complexity index is 498. The van der Waals surface area contributed by atoms with Crippen molar-refractivity contribution in [1.29, 1.82) is 0 Å². The maximum Gasteiger partial charge on any atom is 0.254 e. The zero-order chi connectivity index (χ0) is 14.7. The summed E-state index contributed by atoms with van der Waals surface area (Å²) in [6.45, 7) is 3.35. The van der Waals surface area contributed by atoms with E-state index in [1.54, 1.807) is 24.3 Å². The largest absolute Gasteiger partial charge is 0.366 e. The zero-order valence-corrected chi connectivity index (χ0v) is 11.7. The average Bonchev–Trinajstić information content (AvgIpc) is 2.46. The highest BCUT2D eigenvalue weighted by molar-refractivity contribution is 5.97. The maximum absolute atomic E-state index is 12.5. The summed E-state index contributed by atoms with van der Waals surface area (Å²) in [5.41, 5.74) is 12.0. The first-order valence-electron chi connectivity index (χ1n) is 6.95. The van der Waals surface area contributed by atoms with Gasteiger partial charge in [-0.25, -0.2) is 0 Å². The summed E-state index contributed by atoms with van der Waals surface area (Å²) < 4.78 is 0. The molecule has 108 valence electrons. The van der Waals surface area contributed by atoms with Crippen LogP contribution in [0.2, 0.25) is 0 Å². The van der Waals surface area contributed by atoms with Gasteiger partial charge in [0.25, 0.3) is 5.91 Å². The van der Waals surface area contributed by atoms with Crippen LogP contribution in [0.1, 0.15) is 40.5 Å². The molecule has 5 nitrogen and oxygen atoms in total. The second-order valence-electron chi connectivity index (χ2n) is 5.36. The minimum Gasteiger partial charge on any atom is -0.366 e. The highest BCUT2D eigenvalue weighted by atomic mass is 16.2. The number of rotatable bonds is 3. The molecule has 2 rings (SSSR count). The number of nitrogens with zero attached hydrogens (tertiary/aromatic N) is 1. The quantitative estimate of drug-likeness (QED) is 0.861. The Kier molecular flexibility index (Phi) is 4.39. The molecule has 0 unspecified atom stereocenters. The SMILES string of the molecule is C[C@H]1CCCN(C(=O)c2ccc(C(N)=O)cc2)[C@H]1CN. The van der Waals surface area contributed by atoms with E-state index < -0.39 is 5.91 Å². The molecule has 1 aliphatic heterocycles. The monoisotopic (exact) mass is 275 g/mol. The van der Waals surface area contributed by atoms with Crippen molar-refractivity contribution in [2.75, 3.05) is 13.1 Å². The molecule has 1 aromatic rings. The van der Waals surface area contributed by atoms with Crippen molar-refractivity contribution in [1.82, 2.24) is 4.90 Å². The van der Waals surface area contributed by atoms with Gasteiger partial charge < -0.3 is 16.4 Å². The molecule has 1 heterocycles. The molecule has 1 fully saturated rings. The second kappa shape index (κ2) is 6.05. The molecule has 1 aliphatic rings. The highest BCUT2D eigenvalue weighted by Gasteiger charge is 2.31. The van der Waals surface area contributed by atoms with Crippen molar-refractivity contribution >= 4 is 11.8 Å². The minimum atomic E-state index is -0.490. The third-order valence-corrected chi connectivity index (χ3v) is 4.03. The van der Waals surface area contributed by atoms with Crippen LogP contribution in [-0.2, 0) is 0 Å². The molecule has 0 saturated carbocycles.